The van der Waals surface area contributed by atoms with Gasteiger partial charge in [0.05, 0.1) is 11.1 Å². The first-order valence-electron chi connectivity index (χ1n) is 10.9. The summed E-state index contributed by atoms with van der Waals surface area (Å²) >= 11 is 0.471. The Morgan fingerprint density at radius 2 is 1.95 bits per heavy atom. The zero-order chi connectivity index (χ0) is 27.1. The van der Waals surface area contributed by atoms with E-state index in [0.717, 1.165) is 6.20 Å². The first kappa shape index (κ1) is 27.3. The van der Waals surface area contributed by atoms with Gasteiger partial charge in [-0.1, -0.05) is 6.92 Å². The van der Waals surface area contributed by atoms with Gasteiger partial charge in [0.2, 0.25) is 16.0 Å². The molecule has 0 amide bonds. The van der Waals surface area contributed by atoms with Crippen molar-refractivity contribution in [2.24, 2.45) is 13.0 Å². The third-order valence-electron chi connectivity index (χ3n) is 5.85. The zero-order valence-electron chi connectivity index (χ0n) is 19.4. The summed E-state index contributed by atoms with van der Waals surface area (Å²) in [4.78, 5) is 11.3. The van der Waals surface area contributed by atoms with Gasteiger partial charge in [-0.25, -0.2) is 32.2 Å². The molecule has 1 unspecified atom stereocenters. The van der Waals surface area contributed by atoms with Crippen LogP contribution < -0.4 is 5.32 Å². The monoisotopic (exact) mass is 567 g/mol. The third-order valence-corrected chi connectivity index (χ3v) is 8.74. The molecule has 0 aliphatic carbocycles. The third kappa shape index (κ3) is 5.73. The largest absolute Gasteiger partial charge is 0.420 e. The molecule has 0 bridgehead atoms. The van der Waals surface area contributed by atoms with Gasteiger partial charge in [0.1, 0.15) is 21.2 Å². The van der Waals surface area contributed by atoms with Gasteiger partial charge in [-0.2, -0.15) is 22.6 Å². The summed E-state index contributed by atoms with van der Waals surface area (Å²) in [6.07, 6.45) is -5.74. The highest BCUT2D eigenvalue weighted by atomic mass is 32.2. The van der Waals surface area contributed by atoms with E-state index >= 15 is 0 Å². The van der Waals surface area contributed by atoms with Crippen LogP contribution in [0.1, 0.15) is 29.9 Å². The number of aliphatic hydroxyl groups is 1. The van der Waals surface area contributed by atoms with Crippen LogP contribution in [0.3, 0.4) is 0 Å². The van der Waals surface area contributed by atoms with Crippen LogP contribution in [0, 0.1) is 5.92 Å². The molecule has 17 heteroatoms. The maximum absolute atomic E-state index is 13.6. The Bertz CT molecular complexity index is 1360. The summed E-state index contributed by atoms with van der Waals surface area (Å²) in [7, 11) is -2.16. The lowest BCUT2D eigenvalue weighted by Crippen LogP contribution is -2.47. The molecule has 0 saturated carbocycles. The lowest BCUT2D eigenvalue weighted by atomic mass is 9.95. The molecule has 37 heavy (non-hydrogen) atoms. The van der Waals surface area contributed by atoms with Crippen LogP contribution in [0.15, 0.2) is 29.7 Å². The second-order valence-corrected chi connectivity index (χ2v) is 11.5. The molecule has 3 atom stereocenters. The number of hydrogen-bond donors (Lipinski definition) is 2. The molecule has 1 aliphatic heterocycles. The minimum Gasteiger partial charge on any atom is -0.382 e. The van der Waals surface area contributed by atoms with Crippen LogP contribution in [0.25, 0.3) is 10.7 Å². The Morgan fingerprint density at radius 1 is 1.22 bits per heavy atom. The molecule has 2 N–H and O–H groups in total. The normalized spacial score (nSPS) is 20.4. The molecule has 4 rings (SSSR count). The average molecular weight is 568 g/mol. The fourth-order valence-electron chi connectivity index (χ4n) is 3.87. The molecule has 0 aromatic carbocycles. The quantitative estimate of drug-likeness (QED) is 0.417. The number of alkyl halides is 5. The minimum atomic E-state index is -4.85. The van der Waals surface area contributed by atoms with Crippen LogP contribution in [0.2, 0.25) is 0 Å². The van der Waals surface area contributed by atoms with Crippen LogP contribution >= 0.6 is 11.3 Å². The summed E-state index contributed by atoms with van der Waals surface area (Å²) in [5.41, 5.74) is -1.83. The Hall–Kier alpha value is -2.76. The molecule has 3 aromatic rings. The van der Waals surface area contributed by atoms with Gasteiger partial charge >= 0.3 is 6.18 Å². The van der Waals surface area contributed by atoms with Gasteiger partial charge in [-0.3, -0.25) is 4.68 Å². The predicted molar refractivity (Wildman–Crippen MR) is 122 cm³/mol. The molecule has 202 valence electrons. The fraction of sp³-hybridized carbons (Fsp3) is 0.500. The number of rotatable bonds is 7. The van der Waals surface area contributed by atoms with Crippen molar-refractivity contribution >= 4 is 27.3 Å². The Morgan fingerprint density at radius 3 is 2.54 bits per heavy atom. The van der Waals surface area contributed by atoms with Gasteiger partial charge in [0.15, 0.2) is 6.10 Å². The minimum absolute atomic E-state index is 0.0594. The molecular weight excluding hydrogens is 545 g/mol. The van der Waals surface area contributed by atoms with Crippen molar-refractivity contribution in [1.82, 2.24) is 29.0 Å². The standard InChI is InChI=1S/C20H22F5N7O3S2/c1-10-8-32(37(34,35)11-5-28-31(2)9-11)4-3-13(10)29-19-27-6-12(20(23,24)25)15(30-19)18-26-7-14(36-18)16(33)17(21)22/h5-7,9-10,13,16-17,33H,3-4,8H2,1-2H3,(H,27,29,30)/t10-,13+,16?/m1/s1. The summed E-state index contributed by atoms with van der Waals surface area (Å²) in [6, 6.07) is -0.363. The highest BCUT2D eigenvalue weighted by molar-refractivity contribution is 7.89. The number of piperidine rings is 1. The van der Waals surface area contributed by atoms with E-state index in [-0.39, 0.29) is 45.8 Å². The number of hydrogen-bond acceptors (Lipinski definition) is 9. The summed E-state index contributed by atoms with van der Waals surface area (Å²) in [5.74, 6) is -0.420. The molecule has 10 nitrogen and oxygen atoms in total. The summed E-state index contributed by atoms with van der Waals surface area (Å²) in [5, 5.41) is 16.1. The Kier molecular flexibility index (Phi) is 7.51. The molecule has 0 radical (unpaired) electrons. The van der Waals surface area contributed by atoms with E-state index in [1.54, 1.807) is 14.0 Å². The van der Waals surface area contributed by atoms with Gasteiger partial charge in [0, 0.05) is 44.8 Å². The van der Waals surface area contributed by atoms with Crippen molar-refractivity contribution in [3.8, 4) is 10.7 Å². The number of thiazole rings is 1. The maximum Gasteiger partial charge on any atom is 0.420 e. The van der Waals surface area contributed by atoms with Crippen molar-refractivity contribution in [2.45, 2.75) is 43.0 Å². The lowest BCUT2D eigenvalue weighted by Gasteiger charge is -2.36. The second-order valence-electron chi connectivity index (χ2n) is 8.53. The molecule has 0 spiro atoms. The van der Waals surface area contributed by atoms with Crippen molar-refractivity contribution in [3.05, 3.63) is 35.2 Å². The second kappa shape index (κ2) is 10.2. The number of aliphatic hydroxyl groups excluding tert-OH is 1. The first-order valence-corrected chi connectivity index (χ1v) is 13.1. The van der Waals surface area contributed by atoms with Crippen molar-refractivity contribution in [1.29, 1.82) is 0 Å². The Balaban J connectivity index is 1.55. The van der Waals surface area contributed by atoms with Crippen molar-refractivity contribution in [3.63, 3.8) is 0 Å². The summed E-state index contributed by atoms with van der Waals surface area (Å²) in [6.45, 7) is 2.07. The zero-order valence-corrected chi connectivity index (χ0v) is 21.0. The van der Waals surface area contributed by atoms with E-state index in [1.165, 1.54) is 21.4 Å². The smallest absolute Gasteiger partial charge is 0.382 e. The SMILES string of the molecule is C[C@@H]1CN(S(=O)(=O)c2cnn(C)c2)CC[C@@H]1Nc1ncc(C(F)(F)F)c(-c2ncc(C(O)C(F)F)s2)n1. The van der Waals surface area contributed by atoms with Crippen LogP contribution in [0.5, 0.6) is 0 Å². The number of sulfonamides is 1. The van der Waals surface area contributed by atoms with Crippen molar-refractivity contribution in [2.75, 3.05) is 18.4 Å². The molecule has 1 fully saturated rings. The predicted octanol–water partition coefficient (Wildman–Crippen LogP) is 3.16. The molecule has 4 heterocycles. The van der Waals surface area contributed by atoms with E-state index in [2.05, 4.69) is 25.4 Å². The van der Waals surface area contributed by atoms with Gasteiger partial charge < -0.3 is 10.4 Å². The van der Waals surface area contributed by atoms with Crippen LogP contribution in [0.4, 0.5) is 27.9 Å². The maximum atomic E-state index is 13.6. The van der Waals surface area contributed by atoms with E-state index in [1.807, 2.05) is 0 Å². The number of nitrogens with zero attached hydrogens (tertiary/aromatic N) is 6. The number of halogens is 5. The highest BCUT2D eigenvalue weighted by Crippen LogP contribution is 2.39. The molecular formula is C20H22F5N7O3S2. The van der Waals surface area contributed by atoms with Gasteiger partial charge in [0.25, 0.3) is 6.43 Å². The Labute approximate surface area is 212 Å². The van der Waals surface area contributed by atoms with Crippen LogP contribution in [-0.4, -0.2) is 68.1 Å². The van der Waals surface area contributed by atoms with Gasteiger partial charge in [-0.15, -0.1) is 11.3 Å². The van der Waals surface area contributed by atoms with Crippen molar-refractivity contribution < 1.29 is 35.5 Å². The summed E-state index contributed by atoms with van der Waals surface area (Å²) < 4.78 is 95.0. The van der Waals surface area contributed by atoms with E-state index < -0.39 is 40.0 Å². The van der Waals surface area contributed by atoms with Gasteiger partial charge in [-0.05, 0) is 12.3 Å². The fourth-order valence-corrected chi connectivity index (χ4v) is 6.32. The molecule has 1 aliphatic rings. The highest BCUT2D eigenvalue weighted by Gasteiger charge is 2.38. The number of anilines is 1. The lowest BCUT2D eigenvalue weighted by molar-refractivity contribution is -0.137. The van der Waals surface area contributed by atoms with E-state index in [0.29, 0.717) is 24.0 Å². The van der Waals surface area contributed by atoms with E-state index in [4.69, 9.17) is 0 Å². The number of nitrogens with one attached hydrogen (secondary N) is 1. The topological polar surface area (TPSA) is 126 Å². The molecule has 3 aromatic heterocycles. The molecule has 1 saturated heterocycles. The van der Waals surface area contributed by atoms with Crippen LogP contribution in [-0.2, 0) is 23.2 Å². The number of aryl methyl sites for hydroxylation is 1. The average Bonchev–Trinajstić information content (AvgIpc) is 3.49. The van der Waals surface area contributed by atoms with E-state index in [9.17, 15) is 35.5 Å². The number of aromatic nitrogens is 5. The first-order chi connectivity index (χ1) is 17.3.